The van der Waals surface area contributed by atoms with Crippen LogP contribution in [0.3, 0.4) is 0 Å². The summed E-state index contributed by atoms with van der Waals surface area (Å²) in [6, 6.07) is 12.5. The fourth-order valence-corrected chi connectivity index (χ4v) is 3.26. The predicted octanol–water partition coefficient (Wildman–Crippen LogP) is 5.26. The Hall–Kier alpha value is -3.26. The number of amides is 2. The third kappa shape index (κ3) is 5.61. The Morgan fingerprint density at radius 1 is 1.00 bits per heavy atom. The van der Waals surface area contributed by atoms with Crippen LogP contribution in [0.1, 0.15) is 13.3 Å². The molecule has 0 saturated heterocycles. The van der Waals surface area contributed by atoms with E-state index in [4.69, 9.17) is 14.2 Å². The highest BCUT2D eigenvalue weighted by molar-refractivity contribution is 7.14. The third-order valence-corrected chi connectivity index (χ3v) is 4.71. The van der Waals surface area contributed by atoms with E-state index in [2.05, 4.69) is 22.5 Å². The number of carbonyl (C=O) groups excluding carboxylic acids is 1. The molecule has 2 aromatic carbocycles. The number of aromatic nitrogens is 1. The first-order valence-electron chi connectivity index (χ1n) is 9.11. The highest BCUT2D eigenvalue weighted by Gasteiger charge is 2.10. The minimum absolute atomic E-state index is 0.399. The number of nitrogens with zero attached hydrogens (tertiary/aromatic N) is 1. The topological polar surface area (TPSA) is 81.7 Å². The molecule has 1 aromatic heterocycles. The van der Waals surface area contributed by atoms with Gasteiger partial charge in [-0.1, -0.05) is 6.92 Å². The van der Waals surface area contributed by atoms with E-state index in [9.17, 15) is 4.79 Å². The van der Waals surface area contributed by atoms with Gasteiger partial charge in [-0.2, -0.15) is 0 Å². The van der Waals surface area contributed by atoms with Crippen LogP contribution in [0.15, 0.2) is 47.8 Å². The van der Waals surface area contributed by atoms with Crippen molar-refractivity contribution >= 4 is 28.2 Å². The molecule has 0 aliphatic rings. The molecule has 3 rings (SSSR count). The first-order chi connectivity index (χ1) is 14.1. The summed E-state index contributed by atoms with van der Waals surface area (Å²) < 4.78 is 16.0. The lowest BCUT2D eigenvalue weighted by Crippen LogP contribution is -2.19. The number of nitrogens with one attached hydrogen (secondary N) is 2. The fourth-order valence-electron chi connectivity index (χ4n) is 2.54. The standard InChI is InChI=1S/C21H23N3O4S/c1-4-9-28-16-7-5-14(6-8-16)19-13-29-21(23-19)24-20(25)22-15-10-17(26-2)12-18(11-15)27-3/h5-8,10-13H,4,9H2,1-3H3,(H2,22,23,24,25). The molecule has 0 unspecified atom stereocenters. The summed E-state index contributed by atoms with van der Waals surface area (Å²) in [5, 5.41) is 7.90. The van der Waals surface area contributed by atoms with Crippen molar-refractivity contribution in [3.05, 3.63) is 47.8 Å². The highest BCUT2D eigenvalue weighted by Crippen LogP contribution is 2.28. The zero-order valence-corrected chi connectivity index (χ0v) is 17.3. The Morgan fingerprint density at radius 2 is 1.69 bits per heavy atom. The summed E-state index contributed by atoms with van der Waals surface area (Å²) in [6.07, 6.45) is 0.966. The van der Waals surface area contributed by atoms with Gasteiger partial charge in [0.2, 0.25) is 0 Å². The Labute approximate surface area is 173 Å². The number of hydrogen-bond acceptors (Lipinski definition) is 6. The summed E-state index contributed by atoms with van der Waals surface area (Å²) >= 11 is 1.35. The van der Waals surface area contributed by atoms with Crippen LogP contribution in [0.5, 0.6) is 17.2 Å². The minimum atomic E-state index is -0.399. The van der Waals surface area contributed by atoms with Gasteiger partial charge < -0.3 is 19.5 Å². The second-order valence-corrected chi connectivity index (χ2v) is 6.95. The fraction of sp³-hybridized carbons (Fsp3) is 0.238. The number of thiazole rings is 1. The van der Waals surface area contributed by atoms with Gasteiger partial charge in [-0.15, -0.1) is 11.3 Å². The van der Waals surface area contributed by atoms with Crippen molar-refractivity contribution in [3.8, 4) is 28.5 Å². The Bertz CT molecular complexity index is 935. The number of methoxy groups -OCH3 is 2. The molecule has 0 atom stereocenters. The van der Waals surface area contributed by atoms with E-state index in [0.29, 0.717) is 28.9 Å². The number of urea groups is 1. The van der Waals surface area contributed by atoms with Gasteiger partial charge in [0, 0.05) is 34.8 Å². The number of benzene rings is 2. The Balaban J connectivity index is 1.63. The van der Waals surface area contributed by atoms with Crippen LogP contribution in [0.4, 0.5) is 15.6 Å². The van der Waals surface area contributed by atoms with Gasteiger partial charge in [0.05, 0.1) is 26.5 Å². The van der Waals surface area contributed by atoms with Gasteiger partial charge in [0.25, 0.3) is 0 Å². The molecule has 8 heteroatoms. The molecule has 0 fully saturated rings. The molecule has 0 saturated carbocycles. The molecule has 29 heavy (non-hydrogen) atoms. The lowest BCUT2D eigenvalue weighted by molar-refractivity contribution is 0.262. The van der Waals surface area contributed by atoms with Crippen molar-refractivity contribution in [1.82, 2.24) is 4.98 Å². The van der Waals surface area contributed by atoms with Gasteiger partial charge in [0.1, 0.15) is 17.2 Å². The van der Waals surface area contributed by atoms with Crippen LogP contribution in [0, 0.1) is 0 Å². The molecule has 7 nitrogen and oxygen atoms in total. The third-order valence-electron chi connectivity index (χ3n) is 3.96. The lowest BCUT2D eigenvalue weighted by atomic mass is 10.2. The van der Waals surface area contributed by atoms with E-state index in [1.807, 2.05) is 29.6 Å². The van der Waals surface area contributed by atoms with Crippen molar-refractivity contribution in [2.45, 2.75) is 13.3 Å². The molecular formula is C21H23N3O4S. The maximum Gasteiger partial charge on any atom is 0.325 e. The zero-order chi connectivity index (χ0) is 20.6. The molecule has 0 bridgehead atoms. The summed E-state index contributed by atoms with van der Waals surface area (Å²) in [5.74, 6) is 2.00. The molecule has 152 valence electrons. The van der Waals surface area contributed by atoms with Gasteiger partial charge in [-0.05, 0) is 30.7 Å². The average molecular weight is 413 g/mol. The van der Waals surface area contributed by atoms with Crippen LogP contribution in [0.25, 0.3) is 11.3 Å². The largest absolute Gasteiger partial charge is 0.497 e. The lowest BCUT2D eigenvalue weighted by Gasteiger charge is -2.09. The monoisotopic (exact) mass is 413 g/mol. The van der Waals surface area contributed by atoms with Gasteiger partial charge in [-0.3, -0.25) is 5.32 Å². The van der Waals surface area contributed by atoms with E-state index >= 15 is 0 Å². The van der Waals surface area contributed by atoms with Crippen LogP contribution < -0.4 is 24.8 Å². The maximum absolute atomic E-state index is 12.3. The number of rotatable bonds is 8. The molecule has 1 heterocycles. The molecule has 2 amide bonds. The first kappa shape index (κ1) is 20.5. The van der Waals surface area contributed by atoms with E-state index in [1.54, 1.807) is 32.4 Å². The quantitative estimate of drug-likeness (QED) is 0.526. The Morgan fingerprint density at radius 3 is 2.31 bits per heavy atom. The Kier molecular flexibility index (Phi) is 6.91. The summed E-state index contributed by atoms with van der Waals surface area (Å²) in [6.45, 7) is 2.76. The van der Waals surface area contributed by atoms with E-state index in [1.165, 1.54) is 11.3 Å². The smallest absolute Gasteiger partial charge is 0.325 e. The number of ether oxygens (including phenoxy) is 3. The molecule has 3 aromatic rings. The summed E-state index contributed by atoms with van der Waals surface area (Å²) in [5.41, 5.74) is 2.30. The van der Waals surface area contributed by atoms with Gasteiger partial charge in [-0.25, -0.2) is 9.78 Å². The van der Waals surface area contributed by atoms with E-state index < -0.39 is 6.03 Å². The van der Waals surface area contributed by atoms with Crippen LogP contribution in [0.2, 0.25) is 0 Å². The van der Waals surface area contributed by atoms with Gasteiger partial charge >= 0.3 is 6.03 Å². The minimum Gasteiger partial charge on any atom is -0.497 e. The average Bonchev–Trinajstić information content (AvgIpc) is 3.20. The molecule has 0 aliphatic heterocycles. The van der Waals surface area contributed by atoms with Crippen molar-refractivity contribution in [3.63, 3.8) is 0 Å². The van der Waals surface area contributed by atoms with Crippen molar-refractivity contribution in [1.29, 1.82) is 0 Å². The van der Waals surface area contributed by atoms with E-state index in [-0.39, 0.29) is 0 Å². The molecule has 2 N–H and O–H groups in total. The van der Waals surface area contributed by atoms with Crippen molar-refractivity contribution < 1.29 is 19.0 Å². The van der Waals surface area contributed by atoms with E-state index in [0.717, 1.165) is 23.4 Å². The van der Waals surface area contributed by atoms with Crippen LogP contribution in [-0.2, 0) is 0 Å². The molecule has 0 aliphatic carbocycles. The number of carbonyl (C=O) groups is 1. The van der Waals surface area contributed by atoms with Gasteiger partial charge in [0.15, 0.2) is 5.13 Å². The number of anilines is 2. The zero-order valence-electron chi connectivity index (χ0n) is 16.5. The second kappa shape index (κ2) is 9.79. The summed E-state index contributed by atoms with van der Waals surface area (Å²) in [7, 11) is 3.11. The van der Waals surface area contributed by atoms with Crippen LogP contribution in [-0.4, -0.2) is 31.8 Å². The normalized spacial score (nSPS) is 10.3. The number of hydrogen-bond donors (Lipinski definition) is 2. The van der Waals surface area contributed by atoms with Crippen molar-refractivity contribution in [2.24, 2.45) is 0 Å². The molecular weight excluding hydrogens is 390 g/mol. The maximum atomic E-state index is 12.3. The molecule has 0 spiro atoms. The SMILES string of the molecule is CCCOc1ccc(-c2csc(NC(=O)Nc3cc(OC)cc(OC)c3)n2)cc1. The van der Waals surface area contributed by atoms with Crippen molar-refractivity contribution in [2.75, 3.05) is 31.5 Å². The summed E-state index contributed by atoms with van der Waals surface area (Å²) in [4.78, 5) is 16.8. The second-order valence-electron chi connectivity index (χ2n) is 6.09. The highest BCUT2D eigenvalue weighted by atomic mass is 32.1. The predicted molar refractivity (Wildman–Crippen MR) is 116 cm³/mol. The molecule has 0 radical (unpaired) electrons. The first-order valence-corrected chi connectivity index (χ1v) is 9.99. The van der Waals surface area contributed by atoms with Crippen LogP contribution >= 0.6 is 11.3 Å².